The number of hydrogen-bond acceptors (Lipinski definition) is 4. The maximum Gasteiger partial charge on any atom is 0.254 e. The van der Waals surface area contributed by atoms with Crippen molar-refractivity contribution < 1.29 is 13.6 Å². The lowest BCUT2D eigenvalue weighted by molar-refractivity contribution is 0.0940. The number of nitrogens with two attached hydrogens (primary N) is 2. The third-order valence-electron chi connectivity index (χ3n) is 6.90. The smallest absolute Gasteiger partial charge is 0.254 e. The van der Waals surface area contributed by atoms with Crippen LogP contribution in [0.5, 0.6) is 0 Å². The van der Waals surface area contributed by atoms with E-state index in [0.29, 0.717) is 37.8 Å². The van der Waals surface area contributed by atoms with Crippen LogP contribution in [0.3, 0.4) is 0 Å². The fraction of sp³-hybridized carbons (Fsp3) is 0.379. The summed E-state index contributed by atoms with van der Waals surface area (Å²) in [4.78, 5) is 19.0. The van der Waals surface area contributed by atoms with Crippen molar-refractivity contribution in [2.75, 3.05) is 26.7 Å². The van der Waals surface area contributed by atoms with Gasteiger partial charge >= 0.3 is 0 Å². The highest BCUT2D eigenvalue weighted by Gasteiger charge is 2.37. The molecule has 1 aliphatic heterocycles. The molecule has 0 bridgehead atoms. The van der Waals surface area contributed by atoms with Gasteiger partial charge in [0.05, 0.1) is 11.1 Å². The molecule has 1 atom stereocenters. The molecule has 0 saturated carbocycles. The lowest BCUT2D eigenvalue weighted by Gasteiger charge is -2.30. The standard InChI is InChI=1S/C29H37F2N5O/c1-5-19(3)15-25(26(27(32)34-4)21-9-7-20(6-2)8-10-21)36-14-13-29(33,18-36)17-35-28(37)23-12-11-22(30)16-24(23)31/h7-12,16H,3,5-6,13-15,17-18,33H2,1-2,4H3,(H2,32,34)(H,35,37)/b26-25+. The first-order chi connectivity index (χ1) is 17.6. The number of carbonyl (C=O) groups excluding carboxylic acids is 1. The van der Waals surface area contributed by atoms with Crippen molar-refractivity contribution in [3.05, 3.63) is 88.6 Å². The van der Waals surface area contributed by atoms with Gasteiger partial charge in [0.15, 0.2) is 0 Å². The Labute approximate surface area is 218 Å². The largest absolute Gasteiger partial charge is 0.383 e. The van der Waals surface area contributed by atoms with Gasteiger partial charge in [0.1, 0.15) is 17.5 Å². The van der Waals surface area contributed by atoms with Crippen LogP contribution in [0.15, 0.2) is 65.3 Å². The van der Waals surface area contributed by atoms with Gasteiger partial charge in [-0.1, -0.05) is 50.3 Å². The van der Waals surface area contributed by atoms with Crippen LogP contribution in [0.25, 0.3) is 5.57 Å². The number of nitrogens with zero attached hydrogens (tertiary/aromatic N) is 2. The predicted octanol–water partition coefficient (Wildman–Crippen LogP) is 4.41. The van der Waals surface area contributed by atoms with Crippen molar-refractivity contribution in [3.8, 4) is 0 Å². The maximum atomic E-state index is 14.0. The van der Waals surface area contributed by atoms with Gasteiger partial charge in [-0.15, -0.1) is 0 Å². The van der Waals surface area contributed by atoms with Gasteiger partial charge in [-0.2, -0.15) is 0 Å². The molecule has 1 amide bonds. The molecule has 0 aromatic heterocycles. The Morgan fingerprint density at radius 2 is 1.89 bits per heavy atom. The summed E-state index contributed by atoms with van der Waals surface area (Å²) >= 11 is 0. The normalized spacial score (nSPS) is 18.5. The molecule has 0 spiro atoms. The van der Waals surface area contributed by atoms with Gasteiger partial charge in [-0.3, -0.25) is 9.79 Å². The van der Waals surface area contributed by atoms with Crippen molar-refractivity contribution in [3.63, 3.8) is 0 Å². The molecular formula is C29H37F2N5O. The number of aliphatic imine (C=N–C) groups is 1. The number of nitrogens with one attached hydrogen (secondary N) is 1. The van der Waals surface area contributed by atoms with Crippen LogP contribution in [0.1, 0.15) is 54.6 Å². The molecule has 37 heavy (non-hydrogen) atoms. The maximum absolute atomic E-state index is 14.0. The van der Waals surface area contributed by atoms with E-state index < -0.39 is 23.1 Å². The van der Waals surface area contributed by atoms with E-state index in [1.165, 1.54) is 5.56 Å². The summed E-state index contributed by atoms with van der Waals surface area (Å²) in [5, 5.41) is 2.73. The highest BCUT2D eigenvalue weighted by Crippen LogP contribution is 2.32. The molecule has 2 aromatic carbocycles. The van der Waals surface area contributed by atoms with Crippen LogP contribution in [0, 0.1) is 11.6 Å². The minimum absolute atomic E-state index is 0.138. The number of rotatable bonds is 10. The number of benzene rings is 2. The Hall–Kier alpha value is -3.52. The Morgan fingerprint density at radius 1 is 1.19 bits per heavy atom. The Bertz CT molecular complexity index is 1210. The number of likely N-dealkylation sites (tertiary alicyclic amines) is 1. The zero-order chi connectivity index (χ0) is 27.2. The third kappa shape index (κ3) is 6.83. The van der Waals surface area contributed by atoms with E-state index >= 15 is 0 Å². The molecule has 1 heterocycles. The second-order valence-electron chi connectivity index (χ2n) is 9.60. The van der Waals surface area contributed by atoms with Crippen molar-refractivity contribution in [2.45, 2.75) is 45.1 Å². The van der Waals surface area contributed by atoms with Crippen LogP contribution in [0.4, 0.5) is 8.78 Å². The molecule has 1 fully saturated rings. The SMILES string of the molecule is C=C(CC)C/C(=C(\C(N)=NC)c1ccc(CC)cc1)N1CCC(N)(CNC(=O)c2ccc(F)cc2F)C1. The first-order valence-electron chi connectivity index (χ1n) is 12.6. The van der Waals surface area contributed by atoms with Gasteiger partial charge in [0, 0.05) is 50.4 Å². The molecule has 1 aliphatic rings. The van der Waals surface area contributed by atoms with Gasteiger partial charge in [0.25, 0.3) is 5.91 Å². The van der Waals surface area contributed by atoms with Crippen molar-refractivity contribution in [1.82, 2.24) is 10.2 Å². The molecule has 0 aliphatic carbocycles. The first-order valence-corrected chi connectivity index (χ1v) is 12.6. The Morgan fingerprint density at radius 3 is 2.49 bits per heavy atom. The van der Waals surface area contributed by atoms with Gasteiger partial charge < -0.3 is 21.7 Å². The molecule has 6 nitrogen and oxygen atoms in total. The first kappa shape index (κ1) is 28.1. The van der Waals surface area contributed by atoms with Gasteiger partial charge in [0.2, 0.25) is 0 Å². The van der Waals surface area contributed by atoms with Crippen LogP contribution in [-0.2, 0) is 6.42 Å². The number of amides is 1. The zero-order valence-electron chi connectivity index (χ0n) is 21.9. The number of hydrogen-bond donors (Lipinski definition) is 3. The molecule has 3 rings (SSSR count). The monoisotopic (exact) mass is 509 g/mol. The molecule has 0 radical (unpaired) electrons. The molecule has 1 unspecified atom stereocenters. The van der Waals surface area contributed by atoms with E-state index in [0.717, 1.165) is 47.4 Å². The highest BCUT2D eigenvalue weighted by molar-refractivity contribution is 6.22. The summed E-state index contributed by atoms with van der Waals surface area (Å²) in [6.07, 6.45) is 2.97. The minimum atomic E-state index is -0.909. The third-order valence-corrected chi connectivity index (χ3v) is 6.90. The summed E-state index contributed by atoms with van der Waals surface area (Å²) < 4.78 is 27.3. The number of allylic oxidation sites excluding steroid dienone is 1. The van der Waals surface area contributed by atoms with Gasteiger partial charge in [-0.25, -0.2) is 8.78 Å². The fourth-order valence-corrected chi connectivity index (χ4v) is 4.50. The minimum Gasteiger partial charge on any atom is -0.383 e. The topological polar surface area (TPSA) is 96.7 Å². The number of carbonyl (C=O) groups is 1. The molecular weight excluding hydrogens is 472 g/mol. The second kappa shape index (κ2) is 12.1. The molecule has 8 heteroatoms. The lowest BCUT2D eigenvalue weighted by Crippen LogP contribution is -2.52. The average molecular weight is 510 g/mol. The van der Waals surface area contributed by atoms with Crippen LogP contribution >= 0.6 is 0 Å². The van der Waals surface area contributed by atoms with E-state index in [1.54, 1.807) is 7.05 Å². The Kier molecular flexibility index (Phi) is 9.21. The highest BCUT2D eigenvalue weighted by atomic mass is 19.1. The Balaban J connectivity index is 1.89. The second-order valence-corrected chi connectivity index (χ2v) is 9.60. The number of aryl methyl sites for hydroxylation is 1. The summed E-state index contributed by atoms with van der Waals surface area (Å²) in [7, 11) is 1.67. The molecule has 2 aromatic rings. The van der Waals surface area contributed by atoms with E-state index in [2.05, 4.69) is 59.9 Å². The van der Waals surface area contributed by atoms with Crippen LogP contribution in [-0.4, -0.2) is 48.9 Å². The summed E-state index contributed by atoms with van der Waals surface area (Å²) in [5.41, 5.74) is 17.3. The van der Waals surface area contributed by atoms with Gasteiger partial charge in [-0.05, 0) is 42.5 Å². The fourth-order valence-electron chi connectivity index (χ4n) is 4.50. The number of amidine groups is 1. The number of halogens is 2. The van der Waals surface area contributed by atoms with Crippen molar-refractivity contribution in [1.29, 1.82) is 0 Å². The van der Waals surface area contributed by atoms with E-state index in [-0.39, 0.29) is 12.1 Å². The molecule has 5 N–H and O–H groups in total. The van der Waals surface area contributed by atoms with Crippen molar-refractivity contribution >= 4 is 17.3 Å². The lowest BCUT2D eigenvalue weighted by atomic mass is 9.95. The van der Waals surface area contributed by atoms with E-state index in [1.807, 2.05) is 0 Å². The van der Waals surface area contributed by atoms with Crippen LogP contribution < -0.4 is 16.8 Å². The summed E-state index contributed by atoms with van der Waals surface area (Å²) in [6.45, 7) is 9.64. The predicted molar refractivity (Wildman–Crippen MR) is 146 cm³/mol. The van der Waals surface area contributed by atoms with Crippen molar-refractivity contribution in [2.24, 2.45) is 16.5 Å². The summed E-state index contributed by atoms with van der Waals surface area (Å²) in [6, 6.07) is 11.2. The van der Waals surface area contributed by atoms with E-state index in [4.69, 9.17) is 11.5 Å². The van der Waals surface area contributed by atoms with E-state index in [9.17, 15) is 13.6 Å². The summed E-state index contributed by atoms with van der Waals surface area (Å²) in [5.74, 6) is -1.85. The quantitative estimate of drug-likeness (QED) is 0.251. The van der Waals surface area contributed by atoms with Crippen LogP contribution in [0.2, 0.25) is 0 Å². The average Bonchev–Trinajstić information content (AvgIpc) is 3.29. The molecule has 1 saturated heterocycles. The molecule has 198 valence electrons. The zero-order valence-corrected chi connectivity index (χ0v) is 21.9.